The third-order valence-electron chi connectivity index (χ3n) is 6.10. The van der Waals surface area contributed by atoms with Crippen molar-refractivity contribution < 1.29 is 18.7 Å². The van der Waals surface area contributed by atoms with E-state index in [-0.39, 0.29) is 18.0 Å². The first-order valence-electron chi connectivity index (χ1n) is 11.3. The van der Waals surface area contributed by atoms with E-state index >= 15 is 0 Å². The average molecular weight is 442 g/mol. The number of benzene rings is 2. The van der Waals surface area contributed by atoms with Gasteiger partial charge in [0.25, 0.3) is 0 Å². The second-order valence-corrected chi connectivity index (χ2v) is 8.83. The molecule has 32 heavy (non-hydrogen) atoms. The summed E-state index contributed by atoms with van der Waals surface area (Å²) in [6.45, 7) is 5.01. The molecule has 2 saturated heterocycles. The second kappa shape index (κ2) is 10.8. The van der Waals surface area contributed by atoms with Gasteiger partial charge in [-0.1, -0.05) is 24.3 Å². The first-order chi connectivity index (χ1) is 15.5. The van der Waals surface area contributed by atoms with Crippen molar-refractivity contribution in [1.82, 2.24) is 15.1 Å². The molecule has 0 spiro atoms. The Balaban J connectivity index is 1.33. The lowest BCUT2D eigenvalue weighted by Gasteiger charge is -2.26. The van der Waals surface area contributed by atoms with Gasteiger partial charge in [0.05, 0.1) is 13.2 Å². The van der Waals surface area contributed by atoms with Crippen molar-refractivity contribution in [2.24, 2.45) is 5.92 Å². The van der Waals surface area contributed by atoms with Gasteiger partial charge >= 0.3 is 6.03 Å². The van der Waals surface area contributed by atoms with Crippen LogP contribution >= 0.6 is 0 Å². The quantitative estimate of drug-likeness (QED) is 0.679. The Hall–Kier alpha value is -2.64. The summed E-state index contributed by atoms with van der Waals surface area (Å²) in [5.74, 6) is 0.996. The van der Waals surface area contributed by atoms with Gasteiger partial charge in [-0.25, -0.2) is 9.18 Å². The molecule has 0 aromatic heterocycles. The maximum Gasteiger partial charge on any atom is 0.317 e. The summed E-state index contributed by atoms with van der Waals surface area (Å²) in [5.41, 5.74) is 1.93. The van der Waals surface area contributed by atoms with Crippen LogP contribution in [0.4, 0.5) is 9.18 Å². The summed E-state index contributed by atoms with van der Waals surface area (Å²) >= 11 is 0. The van der Waals surface area contributed by atoms with Crippen LogP contribution in [0.25, 0.3) is 0 Å². The minimum absolute atomic E-state index is 0.104. The zero-order chi connectivity index (χ0) is 22.3. The third-order valence-corrected chi connectivity index (χ3v) is 6.10. The van der Waals surface area contributed by atoms with Crippen LogP contribution in [0.15, 0.2) is 48.5 Å². The summed E-state index contributed by atoms with van der Waals surface area (Å²) in [7, 11) is 2.11. The van der Waals surface area contributed by atoms with Gasteiger partial charge in [0.15, 0.2) is 0 Å². The Morgan fingerprint density at radius 2 is 1.91 bits per heavy atom. The number of nitrogens with zero attached hydrogens (tertiary/aromatic N) is 2. The lowest BCUT2D eigenvalue weighted by Crippen LogP contribution is -2.42. The summed E-state index contributed by atoms with van der Waals surface area (Å²) in [5, 5.41) is 3.05. The molecule has 2 fully saturated rings. The minimum atomic E-state index is -0.268. The van der Waals surface area contributed by atoms with Crippen molar-refractivity contribution in [1.29, 1.82) is 0 Å². The molecular weight excluding hydrogens is 409 g/mol. The predicted octanol–water partition coefficient (Wildman–Crippen LogP) is 3.66. The molecule has 7 heteroatoms. The molecule has 2 amide bonds. The topological polar surface area (TPSA) is 54.0 Å². The molecule has 2 heterocycles. The van der Waals surface area contributed by atoms with Gasteiger partial charge in [-0.3, -0.25) is 0 Å². The first kappa shape index (κ1) is 22.6. The van der Waals surface area contributed by atoms with Crippen molar-refractivity contribution in [2.45, 2.75) is 32.0 Å². The first-order valence-corrected chi connectivity index (χ1v) is 11.3. The maximum absolute atomic E-state index is 13.3. The maximum atomic E-state index is 13.3. The summed E-state index contributed by atoms with van der Waals surface area (Å²) in [6, 6.07) is 14.1. The van der Waals surface area contributed by atoms with E-state index in [1.807, 2.05) is 29.2 Å². The fourth-order valence-electron chi connectivity index (χ4n) is 4.29. The summed E-state index contributed by atoms with van der Waals surface area (Å²) in [4.78, 5) is 17.2. The molecule has 0 aliphatic carbocycles. The Morgan fingerprint density at radius 3 is 2.56 bits per heavy atom. The highest BCUT2D eigenvalue weighted by Crippen LogP contribution is 2.19. The van der Waals surface area contributed by atoms with Crippen molar-refractivity contribution in [3.05, 3.63) is 65.5 Å². The number of carbonyl (C=O) groups excluding carboxylic acids is 1. The largest absolute Gasteiger partial charge is 0.488 e. The highest BCUT2D eigenvalue weighted by molar-refractivity contribution is 5.74. The van der Waals surface area contributed by atoms with Crippen LogP contribution < -0.4 is 10.1 Å². The highest BCUT2D eigenvalue weighted by atomic mass is 19.1. The molecule has 2 atom stereocenters. The SMILES string of the molecule is CN1CC[C@@H](CN(Cc2ccc(F)cc2)C(=O)NCc2ccc(O[C@@H]3CCOC3)cc2)C1. The molecule has 2 aromatic carbocycles. The average Bonchev–Trinajstić information content (AvgIpc) is 3.45. The summed E-state index contributed by atoms with van der Waals surface area (Å²) < 4.78 is 24.5. The molecule has 6 nitrogen and oxygen atoms in total. The number of nitrogens with one attached hydrogen (secondary N) is 1. The van der Waals surface area contributed by atoms with Gasteiger partial charge in [-0.15, -0.1) is 0 Å². The fourth-order valence-corrected chi connectivity index (χ4v) is 4.29. The van der Waals surface area contributed by atoms with Crippen LogP contribution in [-0.4, -0.2) is 61.8 Å². The molecule has 2 aromatic rings. The Kier molecular flexibility index (Phi) is 7.60. The number of rotatable bonds is 8. The minimum Gasteiger partial charge on any atom is -0.488 e. The van der Waals surface area contributed by atoms with Crippen LogP contribution in [0.1, 0.15) is 24.0 Å². The van der Waals surface area contributed by atoms with Crippen LogP contribution in [0, 0.1) is 11.7 Å². The van der Waals surface area contributed by atoms with E-state index in [1.165, 1.54) is 12.1 Å². The smallest absolute Gasteiger partial charge is 0.317 e. The highest BCUT2D eigenvalue weighted by Gasteiger charge is 2.24. The second-order valence-electron chi connectivity index (χ2n) is 8.83. The number of likely N-dealkylation sites (tertiary alicyclic amines) is 1. The van der Waals surface area contributed by atoms with Crippen LogP contribution in [0.3, 0.4) is 0 Å². The van der Waals surface area contributed by atoms with E-state index in [9.17, 15) is 9.18 Å². The molecule has 0 saturated carbocycles. The van der Waals surface area contributed by atoms with E-state index in [2.05, 4.69) is 17.3 Å². The Morgan fingerprint density at radius 1 is 1.16 bits per heavy atom. The summed E-state index contributed by atoms with van der Waals surface area (Å²) in [6.07, 6.45) is 2.12. The van der Waals surface area contributed by atoms with Crippen molar-refractivity contribution in [2.75, 3.05) is 39.9 Å². The van der Waals surface area contributed by atoms with E-state index < -0.39 is 0 Å². The Bertz CT molecular complexity index is 869. The third kappa shape index (κ3) is 6.43. The molecule has 0 radical (unpaired) electrons. The zero-order valence-corrected chi connectivity index (χ0v) is 18.6. The van der Waals surface area contributed by atoms with Crippen LogP contribution in [0.5, 0.6) is 5.75 Å². The number of hydrogen-bond acceptors (Lipinski definition) is 4. The molecular formula is C25H32FN3O3. The normalized spacial score (nSPS) is 20.9. The lowest BCUT2D eigenvalue weighted by atomic mass is 10.1. The van der Waals surface area contributed by atoms with Gasteiger partial charge in [0.1, 0.15) is 17.7 Å². The molecule has 2 aliphatic rings. The number of ether oxygens (including phenoxy) is 2. The molecule has 0 bridgehead atoms. The lowest BCUT2D eigenvalue weighted by molar-refractivity contribution is 0.141. The zero-order valence-electron chi connectivity index (χ0n) is 18.6. The molecule has 1 N–H and O–H groups in total. The number of carbonyl (C=O) groups is 1. The number of halogens is 1. The number of hydrogen-bond donors (Lipinski definition) is 1. The molecule has 4 rings (SSSR count). The van der Waals surface area contributed by atoms with E-state index in [0.29, 0.717) is 32.2 Å². The molecule has 172 valence electrons. The van der Waals surface area contributed by atoms with Gasteiger partial charge < -0.3 is 24.6 Å². The number of urea groups is 1. The molecule has 2 aliphatic heterocycles. The van der Waals surface area contributed by atoms with Crippen molar-refractivity contribution >= 4 is 6.03 Å². The van der Waals surface area contributed by atoms with Crippen molar-refractivity contribution in [3.8, 4) is 5.75 Å². The Labute approximate surface area is 189 Å². The van der Waals surface area contributed by atoms with Crippen LogP contribution in [-0.2, 0) is 17.8 Å². The fraction of sp³-hybridized carbons (Fsp3) is 0.480. The van der Waals surface area contributed by atoms with Gasteiger partial charge in [0, 0.05) is 32.6 Å². The van der Waals surface area contributed by atoms with Crippen LogP contribution in [0.2, 0.25) is 0 Å². The van der Waals surface area contributed by atoms with Gasteiger partial charge in [-0.05, 0) is 61.3 Å². The predicted molar refractivity (Wildman–Crippen MR) is 121 cm³/mol. The standard InChI is InChI=1S/C25H32FN3O3/c1-28-12-10-21(15-28)17-29(16-20-2-6-22(26)7-3-20)25(30)27-14-19-4-8-23(9-5-19)32-24-11-13-31-18-24/h2-9,21,24H,10-18H2,1H3,(H,27,30)/t21-,24-/m1/s1. The number of amides is 2. The van der Waals surface area contributed by atoms with Gasteiger partial charge in [-0.2, -0.15) is 0 Å². The van der Waals surface area contributed by atoms with Crippen molar-refractivity contribution in [3.63, 3.8) is 0 Å². The van der Waals surface area contributed by atoms with Gasteiger partial charge in [0.2, 0.25) is 0 Å². The van der Waals surface area contributed by atoms with E-state index in [0.717, 1.165) is 49.4 Å². The van der Waals surface area contributed by atoms with E-state index in [4.69, 9.17) is 9.47 Å². The molecule has 0 unspecified atom stereocenters. The van der Waals surface area contributed by atoms with E-state index in [1.54, 1.807) is 12.1 Å². The monoisotopic (exact) mass is 441 g/mol.